The second kappa shape index (κ2) is 7.55. The van der Waals surface area contributed by atoms with E-state index in [1.165, 1.54) is 0 Å². The van der Waals surface area contributed by atoms with Crippen LogP contribution in [0.15, 0.2) is 12.3 Å². The van der Waals surface area contributed by atoms with Crippen LogP contribution in [0.2, 0.25) is 0 Å². The highest BCUT2D eigenvalue weighted by atomic mass is 32.2. The average Bonchev–Trinajstić information content (AvgIpc) is 3.26. The number of aliphatic hydroxyl groups is 1. The van der Waals surface area contributed by atoms with Crippen LogP contribution in [0.5, 0.6) is 0 Å². The van der Waals surface area contributed by atoms with Gasteiger partial charge in [-0.1, -0.05) is 25.8 Å². The van der Waals surface area contributed by atoms with E-state index in [0.29, 0.717) is 50.0 Å². The molecule has 0 bridgehead atoms. The standard InChI is InChI=1S/C23H29F4N3O2S/c1-3-20(2)17-9-18(32)21(4-5-22(17,20)21)13-33-29-6-7-30(15(11-29)12-31)19-16(24)8-14(10-28-19)23(25,26)27/h8,10,15,17,31H,3-7,9,11-13H2,1-2H3. The molecule has 1 aliphatic heterocycles. The molecule has 5 rings (SSSR count). The number of aromatic nitrogens is 1. The van der Waals surface area contributed by atoms with Gasteiger partial charge in [0.25, 0.3) is 0 Å². The van der Waals surface area contributed by atoms with Crippen molar-refractivity contribution in [3.05, 3.63) is 23.6 Å². The van der Waals surface area contributed by atoms with Gasteiger partial charge in [-0.05, 0) is 42.1 Å². The minimum absolute atomic E-state index is 0.157. The summed E-state index contributed by atoms with van der Waals surface area (Å²) in [6.07, 6.45) is -0.186. The average molecular weight is 488 g/mol. The minimum Gasteiger partial charge on any atom is -0.394 e. The summed E-state index contributed by atoms with van der Waals surface area (Å²) >= 11 is 1.63. The Labute approximate surface area is 195 Å². The maximum Gasteiger partial charge on any atom is 0.417 e. The van der Waals surface area contributed by atoms with Crippen LogP contribution in [-0.4, -0.2) is 58.2 Å². The second-order valence-corrected chi connectivity index (χ2v) is 11.3. The zero-order valence-electron chi connectivity index (χ0n) is 18.8. The monoisotopic (exact) mass is 487 g/mol. The fourth-order valence-corrected chi connectivity index (χ4v) is 8.74. The molecule has 4 fully saturated rings. The first kappa shape index (κ1) is 23.4. The quantitative estimate of drug-likeness (QED) is 0.481. The van der Waals surface area contributed by atoms with Crippen LogP contribution >= 0.6 is 11.9 Å². The summed E-state index contributed by atoms with van der Waals surface area (Å²) in [5.41, 5.74) is -0.965. The zero-order valence-corrected chi connectivity index (χ0v) is 19.6. The van der Waals surface area contributed by atoms with E-state index in [0.717, 1.165) is 25.0 Å². The maximum absolute atomic E-state index is 14.5. The molecule has 33 heavy (non-hydrogen) atoms. The van der Waals surface area contributed by atoms with Crippen molar-refractivity contribution in [2.24, 2.45) is 22.2 Å². The molecule has 2 heterocycles. The number of carbonyl (C=O) groups excluding carboxylic acids is 1. The number of anilines is 1. The molecule has 4 aliphatic rings. The number of piperazine rings is 1. The van der Waals surface area contributed by atoms with Crippen LogP contribution in [-0.2, 0) is 11.0 Å². The molecule has 0 aromatic carbocycles. The van der Waals surface area contributed by atoms with Crippen molar-refractivity contribution >= 4 is 23.5 Å². The molecule has 3 saturated carbocycles. The van der Waals surface area contributed by atoms with Crippen molar-refractivity contribution in [2.75, 3.05) is 36.9 Å². The molecule has 10 heteroatoms. The Balaban J connectivity index is 1.26. The summed E-state index contributed by atoms with van der Waals surface area (Å²) in [6, 6.07) is -0.0398. The molecule has 1 saturated heterocycles. The lowest BCUT2D eigenvalue weighted by atomic mass is 9.54. The van der Waals surface area contributed by atoms with E-state index in [1.807, 2.05) is 0 Å². The minimum atomic E-state index is -4.66. The van der Waals surface area contributed by atoms with Crippen LogP contribution < -0.4 is 4.90 Å². The van der Waals surface area contributed by atoms with Crippen LogP contribution in [0.25, 0.3) is 0 Å². The third-order valence-corrected chi connectivity index (χ3v) is 10.6. The first-order valence-corrected chi connectivity index (χ1v) is 12.5. The van der Waals surface area contributed by atoms with Gasteiger partial charge in [-0.3, -0.25) is 4.79 Å². The topological polar surface area (TPSA) is 56.7 Å². The Morgan fingerprint density at radius 3 is 2.64 bits per heavy atom. The predicted molar refractivity (Wildman–Crippen MR) is 117 cm³/mol. The van der Waals surface area contributed by atoms with Gasteiger partial charge in [0, 0.05) is 43.4 Å². The number of rotatable bonds is 6. The summed E-state index contributed by atoms with van der Waals surface area (Å²) in [4.78, 5) is 18.2. The molecule has 1 N–H and O–H groups in total. The molecule has 182 valence electrons. The van der Waals surface area contributed by atoms with Crippen LogP contribution in [0.4, 0.5) is 23.4 Å². The van der Waals surface area contributed by atoms with E-state index in [1.54, 1.807) is 16.8 Å². The van der Waals surface area contributed by atoms with E-state index in [4.69, 9.17) is 0 Å². The lowest BCUT2D eigenvalue weighted by Crippen LogP contribution is -2.55. The molecule has 0 radical (unpaired) electrons. The third-order valence-electron chi connectivity index (χ3n) is 9.33. The van der Waals surface area contributed by atoms with Gasteiger partial charge >= 0.3 is 6.18 Å². The van der Waals surface area contributed by atoms with E-state index < -0.39 is 23.6 Å². The summed E-state index contributed by atoms with van der Waals surface area (Å²) in [6.45, 7) is 5.55. The van der Waals surface area contributed by atoms with Gasteiger partial charge in [0.1, 0.15) is 5.78 Å². The number of carbonyl (C=O) groups is 1. The lowest BCUT2D eigenvalue weighted by Gasteiger charge is -2.51. The number of halogens is 4. The van der Waals surface area contributed by atoms with Gasteiger partial charge in [-0.2, -0.15) is 13.2 Å². The van der Waals surface area contributed by atoms with E-state index in [2.05, 4.69) is 23.1 Å². The molecule has 0 amide bonds. The smallest absolute Gasteiger partial charge is 0.394 e. The molecular formula is C23H29F4N3O2S. The molecule has 1 spiro atoms. The van der Waals surface area contributed by atoms with Gasteiger partial charge in [0.2, 0.25) is 0 Å². The van der Waals surface area contributed by atoms with E-state index in [-0.39, 0.29) is 28.7 Å². The van der Waals surface area contributed by atoms with Crippen LogP contribution in [0, 0.1) is 28.0 Å². The number of alkyl halides is 3. The molecule has 5 unspecified atom stereocenters. The Hall–Kier alpha value is -1.39. The molecular weight excluding hydrogens is 458 g/mol. The van der Waals surface area contributed by atoms with Crippen molar-refractivity contribution in [2.45, 2.75) is 51.7 Å². The van der Waals surface area contributed by atoms with Gasteiger partial charge in [-0.15, -0.1) is 0 Å². The van der Waals surface area contributed by atoms with Crippen molar-refractivity contribution in [1.29, 1.82) is 0 Å². The predicted octanol–water partition coefficient (Wildman–Crippen LogP) is 4.16. The van der Waals surface area contributed by atoms with Gasteiger partial charge in [0.05, 0.1) is 18.2 Å². The first-order valence-electron chi connectivity index (χ1n) is 11.6. The Morgan fingerprint density at radius 1 is 1.30 bits per heavy atom. The highest BCUT2D eigenvalue weighted by Gasteiger charge is 2.88. The molecule has 1 aromatic heterocycles. The molecule has 5 atom stereocenters. The SMILES string of the molecule is CCC1(C)C2CC(=O)C3(CSN4CCN(c5ncc(C(F)(F)F)cc5F)C(CO)C4)CCC231. The summed E-state index contributed by atoms with van der Waals surface area (Å²) in [5.74, 6) is 0.407. The van der Waals surface area contributed by atoms with Gasteiger partial charge in [0.15, 0.2) is 11.6 Å². The molecule has 1 aromatic rings. The Kier molecular flexibility index (Phi) is 5.35. The Bertz CT molecular complexity index is 978. The largest absolute Gasteiger partial charge is 0.417 e. The normalized spacial score (nSPS) is 38.2. The summed E-state index contributed by atoms with van der Waals surface area (Å²) in [7, 11) is 0. The van der Waals surface area contributed by atoms with Crippen LogP contribution in [0.3, 0.4) is 0 Å². The van der Waals surface area contributed by atoms with E-state index >= 15 is 0 Å². The second-order valence-electron chi connectivity index (χ2n) is 10.2. The van der Waals surface area contributed by atoms with Gasteiger partial charge < -0.3 is 10.0 Å². The maximum atomic E-state index is 14.5. The molecule has 3 aliphatic carbocycles. The number of nitrogens with zero attached hydrogens (tertiary/aromatic N) is 3. The number of Topliss-reactive ketones (excluding diaryl/α,β-unsaturated/α-hetero) is 1. The number of hydrogen-bond acceptors (Lipinski definition) is 6. The zero-order chi connectivity index (χ0) is 23.8. The number of aliphatic hydroxyl groups excluding tert-OH is 1. The summed E-state index contributed by atoms with van der Waals surface area (Å²) < 4.78 is 55.1. The number of ketones is 1. The van der Waals surface area contributed by atoms with Crippen molar-refractivity contribution in [1.82, 2.24) is 9.29 Å². The number of pyridine rings is 1. The number of hydrogen-bond donors (Lipinski definition) is 1. The molecule has 5 nitrogen and oxygen atoms in total. The third kappa shape index (κ3) is 3.05. The van der Waals surface area contributed by atoms with Gasteiger partial charge in [-0.25, -0.2) is 13.7 Å². The lowest BCUT2D eigenvalue weighted by molar-refractivity contribution is -0.138. The fourth-order valence-electron chi connectivity index (χ4n) is 7.29. The highest BCUT2D eigenvalue weighted by molar-refractivity contribution is 7.97. The van der Waals surface area contributed by atoms with Crippen molar-refractivity contribution in [3.8, 4) is 0 Å². The Morgan fingerprint density at radius 2 is 2.06 bits per heavy atom. The van der Waals surface area contributed by atoms with Crippen molar-refractivity contribution in [3.63, 3.8) is 0 Å². The first-order chi connectivity index (χ1) is 15.5. The summed E-state index contributed by atoms with van der Waals surface area (Å²) in [5, 5.41) is 9.93. The highest BCUT2D eigenvalue weighted by Crippen LogP contribution is 2.90. The fraction of sp³-hybridized carbons (Fsp3) is 0.739. The van der Waals surface area contributed by atoms with Crippen LogP contribution in [0.1, 0.15) is 45.1 Å². The van der Waals surface area contributed by atoms with Crippen molar-refractivity contribution < 1.29 is 27.5 Å². The van der Waals surface area contributed by atoms with E-state index in [9.17, 15) is 27.5 Å².